The number of anilines is 1. The summed E-state index contributed by atoms with van der Waals surface area (Å²) in [6.07, 6.45) is 3.53. The van der Waals surface area contributed by atoms with Crippen molar-refractivity contribution in [1.29, 1.82) is 0 Å². The summed E-state index contributed by atoms with van der Waals surface area (Å²) in [7, 11) is 3.86. The van der Waals surface area contributed by atoms with Gasteiger partial charge in [0.25, 0.3) is 0 Å². The fraction of sp³-hybridized carbons (Fsp3) is 0.474. The molecule has 1 saturated heterocycles. The van der Waals surface area contributed by atoms with E-state index in [1.165, 1.54) is 10.8 Å². The van der Waals surface area contributed by atoms with Crippen molar-refractivity contribution < 1.29 is 18.7 Å². The van der Waals surface area contributed by atoms with Crippen LogP contribution in [0, 0.1) is 11.6 Å². The Morgan fingerprint density at radius 2 is 1.96 bits per heavy atom. The molecular formula is C19H21F2N3O3. The minimum Gasteiger partial charge on any atom is -0.477 e. The van der Waals surface area contributed by atoms with E-state index in [4.69, 9.17) is 0 Å². The monoisotopic (exact) mass is 377 g/mol. The predicted octanol–water partition coefficient (Wildman–Crippen LogP) is 2.45. The summed E-state index contributed by atoms with van der Waals surface area (Å²) < 4.78 is 31.8. The Hall–Kier alpha value is -2.48. The number of carboxylic acid groups (broad SMARTS) is 1. The molecule has 144 valence electrons. The van der Waals surface area contributed by atoms with E-state index < -0.39 is 28.6 Å². The van der Waals surface area contributed by atoms with Gasteiger partial charge in [-0.1, -0.05) is 0 Å². The molecular weight excluding hydrogens is 356 g/mol. The molecule has 0 radical (unpaired) electrons. The Labute approximate surface area is 154 Å². The number of likely N-dealkylation sites (N-methyl/N-ethyl adjacent to an activating group) is 1. The van der Waals surface area contributed by atoms with E-state index in [2.05, 4.69) is 0 Å². The van der Waals surface area contributed by atoms with Crippen LogP contribution in [0.2, 0.25) is 0 Å². The summed E-state index contributed by atoms with van der Waals surface area (Å²) in [5.41, 5.74) is -1.46. The van der Waals surface area contributed by atoms with Crippen molar-refractivity contribution >= 4 is 22.6 Å². The number of benzene rings is 1. The van der Waals surface area contributed by atoms with Gasteiger partial charge in [-0.15, -0.1) is 0 Å². The van der Waals surface area contributed by atoms with Gasteiger partial charge in [-0.05, 0) is 39.4 Å². The molecule has 1 aliphatic carbocycles. The van der Waals surface area contributed by atoms with Gasteiger partial charge in [0.1, 0.15) is 17.1 Å². The molecule has 0 spiro atoms. The molecule has 27 heavy (non-hydrogen) atoms. The minimum absolute atomic E-state index is 0.00259. The lowest BCUT2D eigenvalue weighted by molar-refractivity contribution is 0.0695. The number of carbonyl (C=O) groups is 1. The summed E-state index contributed by atoms with van der Waals surface area (Å²) in [4.78, 5) is 27.6. The third-order valence-electron chi connectivity index (χ3n) is 5.56. The first-order valence-corrected chi connectivity index (χ1v) is 9.01. The van der Waals surface area contributed by atoms with Crippen molar-refractivity contribution in [1.82, 2.24) is 9.47 Å². The summed E-state index contributed by atoms with van der Waals surface area (Å²) in [5, 5.41) is 9.07. The molecule has 4 rings (SSSR count). The first-order chi connectivity index (χ1) is 12.8. The molecule has 2 aliphatic rings. The maximum absolute atomic E-state index is 15.5. The second-order valence-electron chi connectivity index (χ2n) is 7.58. The summed E-state index contributed by atoms with van der Waals surface area (Å²) in [5.74, 6) is -3.01. The average molecular weight is 377 g/mol. The number of nitrogens with zero attached hydrogens (tertiary/aromatic N) is 3. The molecule has 0 amide bonds. The normalized spacial score (nSPS) is 20.0. The van der Waals surface area contributed by atoms with Crippen LogP contribution in [0.1, 0.15) is 35.7 Å². The van der Waals surface area contributed by atoms with Gasteiger partial charge in [0.2, 0.25) is 5.43 Å². The molecule has 2 heterocycles. The number of carboxylic acids is 1. The molecule has 0 bridgehead atoms. The summed E-state index contributed by atoms with van der Waals surface area (Å²) >= 11 is 0. The lowest BCUT2D eigenvalue weighted by Crippen LogP contribution is -2.32. The number of pyridine rings is 1. The summed E-state index contributed by atoms with van der Waals surface area (Å²) in [6.45, 7) is 1.01. The van der Waals surface area contributed by atoms with Crippen LogP contribution in [0.4, 0.5) is 14.5 Å². The van der Waals surface area contributed by atoms with Crippen LogP contribution in [0.5, 0.6) is 0 Å². The van der Waals surface area contributed by atoms with Crippen molar-refractivity contribution in [3.63, 3.8) is 0 Å². The van der Waals surface area contributed by atoms with E-state index in [9.17, 15) is 19.1 Å². The lowest BCUT2D eigenvalue weighted by atomic mass is 10.1. The highest BCUT2D eigenvalue weighted by Crippen LogP contribution is 2.40. The van der Waals surface area contributed by atoms with E-state index in [1.54, 1.807) is 4.90 Å². The molecule has 1 atom stereocenters. The van der Waals surface area contributed by atoms with Gasteiger partial charge < -0.3 is 19.5 Å². The lowest BCUT2D eigenvalue weighted by Gasteiger charge is -2.24. The number of aromatic nitrogens is 1. The first-order valence-electron chi connectivity index (χ1n) is 9.01. The molecule has 6 nitrogen and oxygen atoms in total. The van der Waals surface area contributed by atoms with E-state index in [-0.39, 0.29) is 28.7 Å². The maximum atomic E-state index is 15.5. The van der Waals surface area contributed by atoms with Crippen LogP contribution in [0.15, 0.2) is 17.1 Å². The van der Waals surface area contributed by atoms with Crippen LogP contribution >= 0.6 is 0 Å². The fourth-order valence-electron chi connectivity index (χ4n) is 3.88. The maximum Gasteiger partial charge on any atom is 0.341 e. The Morgan fingerprint density at radius 1 is 1.26 bits per heavy atom. The molecule has 1 unspecified atom stereocenters. The van der Waals surface area contributed by atoms with E-state index in [0.29, 0.717) is 13.1 Å². The standard InChI is InChI=1S/C19H21F2N3O3/c1-22(2)11-5-6-23(8-11)17-14(20)7-12-16(15(17)21)24(10-3-4-10)9-13(18(12)25)19(26)27/h7,9-11H,3-6,8H2,1-2H3,(H,26,27). The molecule has 1 N–H and O–H groups in total. The number of fused-ring (bicyclic) bond motifs is 1. The first kappa shape index (κ1) is 17.9. The highest BCUT2D eigenvalue weighted by atomic mass is 19.1. The SMILES string of the molecule is CN(C)C1CCN(c2c(F)cc3c(=O)c(C(=O)O)cn(C4CC4)c3c2F)C1. The minimum atomic E-state index is -1.39. The molecule has 8 heteroatoms. The topological polar surface area (TPSA) is 65.8 Å². The fourth-order valence-corrected chi connectivity index (χ4v) is 3.88. The Kier molecular flexibility index (Phi) is 4.18. The van der Waals surface area contributed by atoms with E-state index >= 15 is 4.39 Å². The molecule has 1 saturated carbocycles. The van der Waals surface area contributed by atoms with Crippen LogP contribution in [-0.4, -0.2) is 53.8 Å². The van der Waals surface area contributed by atoms with Crippen molar-refractivity contribution in [2.24, 2.45) is 0 Å². The van der Waals surface area contributed by atoms with Gasteiger partial charge in [-0.2, -0.15) is 0 Å². The molecule has 1 aliphatic heterocycles. The van der Waals surface area contributed by atoms with Crippen LogP contribution in [0.3, 0.4) is 0 Å². The van der Waals surface area contributed by atoms with Gasteiger partial charge in [-0.25, -0.2) is 13.6 Å². The largest absolute Gasteiger partial charge is 0.477 e. The van der Waals surface area contributed by atoms with Crippen molar-refractivity contribution in [3.05, 3.63) is 39.7 Å². The number of aromatic carboxylic acids is 1. The number of hydrogen-bond donors (Lipinski definition) is 1. The van der Waals surface area contributed by atoms with Gasteiger partial charge in [-0.3, -0.25) is 4.79 Å². The zero-order valence-electron chi connectivity index (χ0n) is 15.2. The number of halogens is 2. The predicted molar refractivity (Wildman–Crippen MR) is 97.7 cm³/mol. The van der Waals surface area contributed by atoms with Crippen LogP contribution in [-0.2, 0) is 0 Å². The zero-order valence-corrected chi connectivity index (χ0v) is 15.2. The van der Waals surface area contributed by atoms with Crippen molar-refractivity contribution in [2.75, 3.05) is 32.1 Å². The van der Waals surface area contributed by atoms with Crippen molar-refractivity contribution in [2.45, 2.75) is 31.3 Å². The van der Waals surface area contributed by atoms with Crippen LogP contribution < -0.4 is 10.3 Å². The van der Waals surface area contributed by atoms with Crippen LogP contribution in [0.25, 0.3) is 10.9 Å². The second kappa shape index (κ2) is 6.30. The van der Waals surface area contributed by atoms with Gasteiger partial charge >= 0.3 is 5.97 Å². The van der Waals surface area contributed by atoms with E-state index in [1.807, 2.05) is 19.0 Å². The smallest absolute Gasteiger partial charge is 0.341 e. The number of rotatable bonds is 4. The molecule has 2 aromatic rings. The highest BCUT2D eigenvalue weighted by Gasteiger charge is 2.33. The quantitative estimate of drug-likeness (QED) is 0.887. The molecule has 1 aromatic carbocycles. The van der Waals surface area contributed by atoms with Gasteiger partial charge in [0.05, 0.1) is 10.9 Å². The molecule has 1 aromatic heterocycles. The number of hydrogen-bond acceptors (Lipinski definition) is 4. The zero-order chi connectivity index (χ0) is 19.5. The third-order valence-corrected chi connectivity index (χ3v) is 5.56. The third kappa shape index (κ3) is 2.88. The van der Waals surface area contributed by atoms with Gasteiger partial charge in [0.15, 0.2) is 5.82 Å². The second-order valence-corrected chi connectivity index (χ2v) is 7.58. The van der Waals surface area contributed by atoms with Crippen molar-refractivity contribution in [3.8, 4) is 0 Å². The Balaban J connectivity index is 1.94. The van der Waals surface area contributed by atoms with E-state index in [0.717, 1.165) is 25.3 Å². The Morgan fingerprint density at radius 3 is 2.52 bits per heavy atom. The van der Waals surface area contributed by atoms with Gasteiger partial charge in [0, 0.05) is 31.4 Å². The summed E-state index contributed by atoms with van der Waals surface area (Å²) in [6, 6.07) is 1.12. The molecule has 2 fully saturated rings. The Bertz CT molecular complexity index is 998. The average Bonchev–Trinajstić information content (AvgIpc) is 3.32. The highest BCUT2D eigenvalue weighted by molar-refractivity contribution is 5.94.